The van der Waals surface area contributed by atoms with Crippen LogP contribution >= 0.6 is 0 Å². The molecule has 0 aromatic rings. The van der Waals surface area contributed by atoms with Crippen molar-refractivity contribution in [3.05, 3.63) is 0 Å². The van der Waals surface area contributed by atoms with Gasteiger partial charge in [-0.3, -0.25) is 4.90 Å². The van der Waals surface area contributed by atoms with E-state index in [1.54, 1.807) is 0 Å². The second kappa shape index (κ2) is 7.49. The highest BCUT2D eigenvalue weighted by atomic mass is 15.2. The van der Waals surface area contributed by atoms with E-state index in [1.807, 2.05) is 0 Å². The van der Waals surface area contributed by atoms with Crippen molar-refractivity contribution in [1.29, 1.82) is 0 Å². The molecule has 0 bridgehead atoms. The maximum atomic E-state index is 3.75. The second-order valence-electron chi connectivity index (χ2n) is 6.48. The fourth-order valence-electron chi connectivity index (χ4n) is 3.45. The molecule has 0 saturated carbocycles. The molecular formula is C16H34N2. The molecule has 1 rings (SSSR count). The van der Waals surface area contributed by atoms with Gasteiger partial charge in [0.15, 0.2) is 0 Å². The van der Waals surface area contributed by atoms with E-state index in [4.69, 9.17) is 0 Å². The first-order valence-corrected chi connectivity index (χ1v) is 8.02. The highest BCUT2D eigenvalue weighted by Gasteiger charge is 2.37. The maximum Gasteiger partial charge on any atom is 0.0308 e. The Bertz CT molecular complexity index is 217. The molecule has 0 amide bonds. The van der Waals surface area contributed by atoms with Gasteiger partial charge in [0.25, 0.3) is 0 Å². The third-order valence-corrected chi connectivity index (χ3v) is 4.82. The van der Waals surface area contributed by atoms with Crippen LogP contribution in [0.5, 0.6) is 0 Å². The van der Waals surface area contributed by atoms with E-state index in [0.29, 0.717) is 6.04 Å². The standard InChI is InChI=1S/C16H34N2/c1-6-14(3)15(17-7-2)16(4,5)18-12-10-8-9-11-13-18/h14-15,17H,6-13H2,1-5H3. The number of likely N-dealkylation sites (tertiary alicyclic amines) is 1. The predicted octanol–water partition coefficient (Wildman–Crippen LogP) is 3.67. The molecule has 0 aromatic heterocycles. The van der Waals surface area contributed by atoms with Crippen molar-refractivity contribution in [2.24, 2.45) is 5.92 Å². The van der Waals surface area contributed by atoms with E-state index >= 15 is 0 Å². The molecule has 1 heterocycles. The summed E-state index contributed by atoms with van der Waals surface area (Å²) in [5.74, 6) is 0.739. The van der Waals surface area contributed by atoms with Crippen LogP contribution in [0, 0.1) is 5.92 Å². The van der Waals surface area contributed by atoms with Crippen LogP contribution in [0.25, 0.3) is 0 Å². The number of hydrogen-bond donors (Lipinski definition) is 1. The lowest BCUT2D eigenvalue weighted by Crippen LogP contribution is -2.60. The topological polar surface area (TPSA) is 15.3 Å². The van der Waals surface area contributed by atoms with Crippen LogP contribution in [0.1, 0.15) is 66.7 Å². The zero-order valence-corrected chi connectivity index (χ0v) is 13.3. The molecule has 0 spiro atoms. The highest BCUT2D eigenvalue weighted by molar-refractivity contribution is 4.96. The monoisotopic (exact) mass is 254 g/mol. The third-order valence-electron chi connectivity index (χ3n) is 4.82. The number of likely N-dealkylation sites (N-methyl/N-ethyl adjacent to an activating group) is 1. The van der Waals surface area contributed by atoms with Crippen molar-refractivity contribution in [3.8, 4) is 0 Å². The highest BCUT2D eigenvalue weighted by Crippen LogP contribution is 2.28. The predicted molar refractivity (Wildman–Crippen MR) is 81.0 cm³/mol. The molecule has 2 heteroatoms. The molecule has 2 atom stereocenters. The average Bonchev–Trinajstić information content (AvgIpc) is 2.64. The first kappa shape index (κ1) is 16.0. The van der Waals surface area contributed by atoms with Crippen LogP contribution in [0.15, 0.2) is 0 Å². The Morgan fingerprint density at radius 3 is 2.06 bits per heavy atom. The summed E-state index contributed by atoms with van der Waals surface area (Å²) in [6.07, 6.45) is 6.85. The molecule has 0 radical (unpaired) electrons. The summed E-state index contributed by atoms with van der Waals surface area (Å²) < 4.78 is 0. The van der Waals surface area contributed by atoms with Gasteiger partial charge in [0.05, 0.1) is 0 Å². The van der Waals surface area contributed by atoms with Gasteiger partial charge in [0, 0.05) is 11.6 Å². The van der Waals surface area contributed by atoms with Gasteiger partial charge in [-0.05, 0) is 52.2 Å². The van der Waals surface area contributed by atoms with Gasteiger partial charge < -0.3 is 5.32 Å². The molecular weight excluding hydrogens is 220 g/mol. The molecule has 1 aliphatic rings. The van der Waals surface area contributed by atoms with Crippen molar-refractivity contribution in [2.75, 3.05) is 19.6 Å². The molecule has 0 aromatic carbocycles. The Morgan fingerprint density at radius 1 is 1.06 bits per heavy atom. The summed E-state index contributed by atoms with van der Waals surface area (Å²) in [6.45, 7) is 15.5. The van der Waals surface area contributed by atoms with Crippen LogP contribution in [0.2, 0.25) is 0 Å². The summed E-state index contributed by atoms with van der Waals surface area (Å²) >= 11 is 0. The smallest absolute Gasteiger partial charge is 0.0308 e. The summed E-state index contributed by atoms with van der Waals surface area (Å²) in [4.78, 5) is 2.74. The van der Waals surface area contributed by atoms with Gasteiger partial charge in [-0.1, -0.05) is 40.0 Å². The van der Waals surface area contributed by atoms with Crippen LogP contribution in [0.4, 0.5) is 0 Å². The van der Waals surface area contributed by atoms with E-state index < -0.39 is 0 Å². The zero-order chi connectivity index (χ0) is 13.6. The lowest BCUT2D eigenvalue weighted by molar-refractivity contribution is 0.0616. The van der Waals surface area contributed by atoms with Gasteiger partial charge in [0.2, 0.25) is 0 Å². The number of nitrogens with zero attached hydrogens (tertiary/aromatic N) is 1. The molecule has 1 aliphatic heterocycles. The van der Waals surface area contributed by atoms with Crippen molar-refractivity contribution >= 4 is 0 Å². The number of hydrogen-bond acceptors (Lipinski definition) is 2. The van der Waals surface area contributed by atoms with Crippen LogP contribution in [-0.2, 0) is 0 Å². The Morgan fingerprint density at radius 2 is 1.61 bits per heavy atom. The number of rotatable bonds is 6. The Labute approximate surface area is 115 Å². The summed E-state index contributed by atoms with van der Waals surface area (Å²) in [6, 6.07) is 0.602. The minimum absolute atomic E-state index is 0.274. The van der Waals surface area contributed by atoms with Gasteiger partial charge in [-0.2, -0.15) is 0 Å². The van der Waals surface area contributed by atoms with Crippen molar-refractivity contribution in [1.82, 2.24) is 10.2 Å². The third kappa shape index (κ3) is 3.96. The molecule has 1 fully saturated rings. The Hall–Kier alpha value is -0.0800. The van der Waals surface area contributed by atoms with Gasteiger partial charge in [-0.15, -0.1) is 0 Å². The number of nitrogens with one attached hydrogen (secondary N) is 1. The van der Waals surface area contributed by atoms with Crippen LogP contribution < -0.4 is 5.32 Å². The van der Waals surface area contributed by atoms with E-state index in [1.165, 1.54) is 45.2 Å². The summed E-state index contributed by atoms with van der Waals surface area (Å²) in [5.41, 5.74) is 0.274. The molecule has 0 aliphatic carbocycles. The van der Waals surface area contributed by atoms with Gasteiger partial charge >= 0.3 is 0 Å². The van der Waals surface area contributed by atoms with E-state index in [0.717, 1.165) is 12.5 Å². The minimum atomic E-state index is 0.274. The fourth-order valence-corrected chi connectivity index (χ4v) is 3.45. The first-order chi connectivity index (χ1) is 8.54. The molecule has 1 N–H and O–H groups in total. The summed E-state index contributed by atoms with van der Waals surface area (Å²) in [5, 5.41) is 3.75. The zero-order valence-electron chi connectivity index (χ0n) is 13.3. The quantitative estimate of drug-likeness (QED) is 0.778. The maximum absolute atomic E-state index is 3.75. The fraction of sp³-hybridized carbons (Fsp3) is 1.00. The van der Waals surface area contributed by atoms with E-state index in [9.17, 15) is 0 Å². The molecule has 1 saturated heterocycles. The SMILES string of the molecule is CCNC(C(C)CC)C(C)(C)N1CCCCCC1. The molecule has 2 unspecified atom stereocenters. The molecule has 18 heavy (non-hydrogen) atoms. The van der Waals surface area contributed by atoms with Crippen molar-refractivity contribution in [2.45, 2.75) is 78.3 Å². The minimum Gasteiger partial charge on any atom is -0.312 e. The van der Waals surface area contributed by atoms with Gasteiger partial charge in [0.1, 0.15) is 0 Å². The normalized spacial score (nSPS) is 22.5. The van der Waals surface area contributed by atoms with Crippen LogP contribution in [-0.4, -0.2) is 36.1 Å². The Kier molecular flexibility index (Phi) is 6.65. The lowest BCUT2D eigenvalue weighted by atomic mass is 9.82. The van der Waals surface area contributed by atoms with Gasteiger partial charge in [-0.25, -0.2) is 0 Å². The summed E-state index contributed by atoms with van der Waals surface area (Å²) in [7, 11) is 0. The van der Waals surface area contributed by atoms with E-state index in [2.05, 4.69) is 44.8 Å². The van der Waals surface area contributed by atoms with Crippen molar-refractivity contribution in [3.63, 3.8) is 0 Å². The second-order valence-corrected chi connectivity index (χ2v) is 6.48. The first-order valence-electron chi connectivity index (χ1n) is 8.02. The lowest BCUT2D eigenvalue weighted by Gasteiger charge is -2.46. The van der Waals surface area contributed by atoms with E-state index in [-0.39, 0.29) is 5.54 Å². The molecule has 2 nitrogen and oxygen atoms in total. The Balaban J connectivity index is 2.77. The van der Waals surface area contributed by atoms with Crippen LogP contribution in [0.3, 0.4) is 0 Å². The average molecular weight is 254 g/mol. The van der Waals surface area contributed by atoms with Crippen molar-refractivity contribution < 1.29 is 0 Å². The largest absolute Gasteiger partial charge is 0.312 e. The molecule has 108 valence electrons.